The molecule has 0 spiro atoms. The van der Waals surface area contributed by atoms with Crippen LogP contribution in [0.3, 0.4) is 0 Å². The number of carbonyl (C=O) groups excluding carboxylic acids is 1. The number of morpholine rings is 1. The number of carbonyl (C=O) groups is 1. The molecular formula is C16H32N2O2. The summed E-state index contributed by atoms with van der Waals surface area (Å²) in [5.74, 6) is 1.55. The summed E-state index contributed by atoms with van der Waals surface area (Å²) in [6, 6.07) is 0.192. The Kier molecular flexibility index (Phi) is 8.15. The lowest BCUT2D eigenvalue weighted by Gasteiger charge is -2.28. The lowest BCUT2D eigenvalue weighted by atomic mass is 10.1. The number of amides is 1. The molecule has 0 saturated carbocycles. The summed E-state index contributed by atoms with van der Waals surface area (Å²) < 4.78 is 5.43. The summed E-state index contributed by atoms with van der Waals surface area (Å²) in [7, 11) is 0. The van der Waals surface area contributed by atoms with E-state index in [0.29, 0.717) is 24.9 Å². The van der Waals surface area contributed by atoms with Crippen molar-refractivity contribution in [2.75, 3.05) is 32.8 Å². The molecule has 1 aliphatic heterocycles. The second kappa shape index (κ2) is 9.35. The zero-order valence-electron chi connectivity index (χ0n) is 13.7. The van der Waals surface area contributed by atoms with Gasteiger partial charge in [-0.15, -0.1) is 0 Å². The molecule has 1 heterocycles. The van der Waals surface area contributed by atoms with Crippen LogP contribution in [0.15, 0.2) is 0 Å². The molecule has 0 aromatic carbocycles. The zero-order valence-corrected chi connectivity index (χ0v) is 13.7. The average molecular weight is 284 g/mol. The molecule has 0 bridgehead atoms. The Labute approximate surface area is 124 Å². The van der Waals surface area contributed by atoms with Gasteiger partial charge in [-0.05, 0) is 24.7 Å². The van der Waals surface area contributed by atoms with Crippen LogP contribution in [-0.4, -0.2) is 49.7 Å². The second-order valence-corrected chi connectivity index (χ2v) is 6.68. The molecule has 0 radical (unpaired) electrons. The summed E-state index contributed by atoms with van der Waals surface area (Å²) in [5.41, 5.74) is 0. The third kappa shape index (κ3) is 7.25. The number of hydrogen-bond donors (Lipinski definition) is 1. The molecule has 1 unspecified atom stereocenters. The van der Waals surface area contributed by atoms with Crippen molar-refractivity contribution in [3.8, 4) is 0 Å². The summed E-state index contributed by atoms with van der Waals surface area (Å²) >= 11 is 0. The molecule has 1 amide bonds. The zero-order chi connectivity index (χ0) is 15.0. The summed E-state index contributed by atoms with van der Waals surface area (Å²) in [6.07, 6.45) is 2.73. The van der Waals surface area contributed by atoms with Crippen molar-refractivity contribution >= 4 is 5.91 Å². The monoisotopic (exact) mass is 284 g/mol. The predicted molar refractivity (Wildman–Crippen MR) is 82.7 cm³/mol. The van der Waals surface area contributed by atoms with E-state index >= 15 is 0 Å². The highest BCUT2D eigenvalue weighted by atomic mass is 16.5. The first-order valence-corrected chi connectivity index (χ1v) is 8.08. The number of hydrogen-bond acceptors (Lipinski definition) is 3. The second-order valence-electron chi connectivity index (χ2n) is 6.68. The van der Waals surface area contributed by atoms with Crippen molar-refractivity contribution in [2.45, 2.75) is 53.0 Å². The van der Waals surface area contributed by atoms with Gasteiger partial charge in [-0.2, -0.15) is 0 Å². The molecule has 4 heteroatoms. The van der Waals surface area contributed by atoms with Gasteiger partial charge in [0.1, 0.15) is 0 Å². The standard InChI is InChI=1S/C16H32N2O2/c1-13(2)5-8-18(9-6-14(3)4)16(19)11-15-12-20-10-7-17-15/h13-15,17H,5-12H2,1-4H3. The topological polar surface area (TPSA) is 41.6 Å². The van der Waals surface area contributed by atoms with Crippen molar-refractivity contribution in [1.29, 1.82) is 0 Å². The van der Waals surface area contributed by atoms with Crippen LogP contribution in [0.1, 0.15) is 47.0 Å². The van der Waals surface area contributed by atoms with Crippen LogP contribution in [0.2, 0.25) is 0 Å². The van der Waals surface area contributed by atoms with Gasteiger partial charge in [0, 0.05) is 32.1 Å². The van der Waals surface area contributed by atoms with Crippen LogP contribution in [-0.2, 0) is 9.53 Å². The molecule has 4 nitrogen and oxygen atoms in total. The molecule has 0 aliphatic carbocycles. The van der Waals surface area contributed by atoms with Gasteiger partial charge in [0.2, 0.25) is 5.91 Å². The molecule has 118 valence electrons. The van der Waals surface area contributed by atoms with Crippen molar-refractivity contribution < 1.29 is 9.53 Å². The van der Waals surface area contributed by atoms with E-state index in [2.05, 4.69) is 37.9 Å². The molecule has 1 saturated heterocycles. The van der Waals surface area contributed by atoms with Crippen molar-refractivity contribution in [3.05, 3.63) is 0 Å². The first-order chi connectivity index (χ1) is 9.49. The SMILES string of the molecule is CC(C)CCN(CCC(C)C)C(=O)CC1COCCN1. The van der Waals surface area contributed by atoms with Crippen LogP contribution in [0.5, 0.6) is 0 Å². The van der Waals surface area contributed by atoms with Crippen molar-refractivity contribution in [1.82, 2.24) is 10.2 Å². The van der Waals surface area contributed by atoms with E-state index in [1.165, 1.54) is 0 Å². The molecule has 1 atom stereocenters. The summed E-state index contributed by atoms with van der Waals surface area (Å²) in [4.78, 5) is 14.5. The minimum absolute atomic E-state index is 0.192. The van der Waals surface area contributed by atoms with Gasteiger partial charge in [-0.1, -0.05) is 27.7 Å². The molecule has 1 aliphatic rings. The van der Waals surface area contributed by atoms with Crippen LogP contribution < -0.4 is 5.32 Å². The third-order valence-electron chi connectivity index (χ3n) is 3.72. The van der Waals surface area contributed by atoms with Crippen LogP contribution in [0.25, 0.3) is 0 Å². The number of rotatable bonds is 8. The van der Waals surface area contributed by atoms with Crippen LogP contribution in [0.4, 0.5) is 0 Å². The number of nitrogens with zero attached hydrogens (tertiary/aromatic N) is 1. The molecule has 1 fully saturated rings. The van der Waals surface area contributed by atoms with Crippen LogP contribution in [0, 0.1) is 11.8 Å². The molecule has 0 aromatic rings. The molecular weight excluding hydrogens is 252 g/mol. The average Bonchev–Trinajstić information content (AvgIpc) is 2.39. The Morgan fingerprint density at radius 3 is 2.25 bits per heavy atom. The fourth-order valence-corrected chi connectivity index (χ4v) is 2.28. The highest BCUT2D eigenvalue weighted by Crippen LogP contribution is 2.10. The van der Waals surface area contributed by atoms with E-state index in [1.54, 1.807) is 0 Å². The van der Waals surface area contributed by atoms with Gasteiger partial charge in [0.25, 0.3) is 0 Å². The Morgan fingerprint density at radius 1 is 1.20 bits per heavy atom. The lowest BCUT2D eigenvalue weighted by molar-refractivity contribution is -0.132. The fourth-order valence-electron chi connectivity index (χ4n) is 2.28. The Morgan fingerprint density at radius 2 is 1.80 bits per heavy atom. The lowest BCUT2D eigenvalue weighted by Crippen LogP contribution is -2.45. The van der Waals surface area contributed by atoms with Gasteiger partial charge in [0.15, 0.2) is 0 Å². The van der Waals surface area contributed by atoms with E-state index in [1.807, 2.05) is 0 Å². The fraction of sp³-hybridized carbons (Fsp3) is 0.938. The van der Waals surface area contributed by atoms with Crippen LogP contribution >= 0.6 is 0 Å². The molecule has 20 heavy (non-hydrogen) atoms. The van der Waals surface area contributed by atoms with Gasteiger partial charge < -0.3 is 15.0 Å². The summed E-state index contributed by atoms with van der Waals surface area (Å²) in [5, 5.41) is 3.36. The largest absolute Gasteiger partial charge is 0.378 e. The number of ether oxygens (including phenoxy) is 1. The van der Waals surface area contributed by atoms with E-state index < -0.39 is 0 Å². The first kappa shape index (κ1) is 17.4. The molecule has 1 N–H and O–H groups in total. The van der Waals surface area contributed by atoms with Gasteiger partial charge >= 0.3 is 0 Å². The smallest absolute Gasteiger partial charge is 0.224 e. The van der Waals surface area contributed by atoms with E-state index in [9.17, 15) is 4.79 Å². The maximum Gasteiger partial charge on any atom is 0.224 e. The maximum absolute atomic E-state index is 12.5. The van der Waals surface area contributed by atoms with Gasteiger partial charge in [0.05, 0.1) is 13.2 Å². The molecule has 1 rings (SSSR count). The third-order valence-corrected chi connectivity index (χ3v) is 3.72. The van der Waals surface area contributed by atoms with Gasteiger partial charge in [-0.3, -0.25) is 4.79 Å². The molecule has 0 aromatic heterocycles. The predicted octanol–water partition coefficient (Wildman–Crippen LogP) is 2.29. The Bertz CT molecular complexity index is 262. The van der Waals surface area contributed by atoms with Gasteiger partial charge in [-0.25, -0.2) is 0 Å². The van der Waals surface area contributed by atoms with Crippen molar-refractivity contribution in [2.24, 2.45) is 11.8 Å². The van der Waals surface area contributed by atoms with E-state index in [-0.39, 0.29) is 11.9 Å². The van der Waals surface area contributed by atoms with Crippen molar-refractivity contribution in [3.63, 3.8) is 0 Å². The normalized spacial score (nSPS) is 19.6. The first-order valence-electron chi connectivity index (χ1n) is 8.08. The van der Waals surface area contributed by atoms with E-state index in [4.69, 9.17) is 4.74 Å². The minimum Gasteiger partial charge on any atom is -0.378 e. The summed E-state index contributed by atoms with van der Waals surface area (Å²) in [6.45, 7) is 12.9. The van der Waals surface area contributed by atoms with E-state index in [0.717, 1.165) is 39.1 Å². The highest BCUT2D eigenvalue weighted by Gasteiger charge is 2.21. The maximum atomic E-state index is 12.5. The minimum atomic E-state index is 0.192. The Balaban J connectivity index is 2.43. The highest BCUT2D eigenvalue weighted by molar-refractivity contribution is 5.76. The Hall–Kier alpha value is -0.610. The quantitative estimate of drug-likeness (QED) is 0.743. The number of nitrogens with one attached hydrogen (secondary N) is 1.